The smallest absolute Gasteiger partial charge is 0.240 e. The van der Waals surface area contributed by atoms with Crippen molar-refractivity contribution in [3.63, 3.8) is 0 Å². The zero-order chi connectivity index (χ0) is 19.4. The second-order valence-electron chi connectivity index (χ2n) is 6.89. The minimum absolute atomic E-state index is 0.0807. The lowest BCUT2D eigenvalue weighted by atomic mass is 10.0. The molecule has 0 saturated carbocycles. The minimum atomic E-state index is -3.52. The number of nitrogens with zero attached hydrogens (tertiary/aromatic N) is 1. The monoisotopic (exact) mass is 450 g/mol. The molecule has 0 unspecified atom stereocenters. The van der Waals surface area contributed by atoms with Gasteiger partial charge in [0.25, 0.3) is 0 Å². The van der Waals surface area contributed by atoms with E-state index in [9.17, 15) is 13.2 Å². The number of likely N-dealkylation sites (tertiary alicyclic amines) is 1. The van der Waals surface area contributed by atoms with Crippen LogP contribution in [0.2, 0.25) is 0 Å². The van der Waals surface area contributed by atoms with Crippen LogP contribution in [0.25, 0.3) is 0 Å². The molecular weight excluding hydrogens is 428 g/mol. The van der Waals surface area contributed by atoms with Crippen molar-refractivity contribution < 1.29 is 13.2 Å². The molecule has 1 heterocycles. The molecule has 7 heteroatoms. The van der Waals surface area contributed by atoms with E-state index in [-0.39, 0.29) is 16.8 Å². The first-order valence-corrected chi connectivity index (χ1v) is 11.2. The molecule has 1 saturated heterocycles. The summed E-state index contributed by atoms with van der Waals surface area (Å²) in [6, 6.07) is 14.4. The molecule has 1 N–H and O–H groups in total. The Kier molecular flexibility index (Phi) is 6.34. The number of sulfonamides is 1. The molecular formula is C20H23BrN2O3S. The van der Waals surface area contributed by atoms with E-state index in [0.29, 0.717) is 32.4 Å². The molecule has 0 atom stereocenters. The second kappa shape index (κ2) is 8.54. The topological polar surface area (TPSA) is 66.5 Å². The minimum Gasteiger partial charge on any atom is -0.342 e. The number of nitrogens with one attached hydrogen (secondary N) is 1. The molecule has 2 aromatic rings. The summed E-state index contributed by atoms with van der Waals surface area (Å²) in [4.78, 5) is 14.6. The number of carbonyl (C=O) groups is 1. The van der Waals surface area contributed by atoms with Gasteiger partial charge in [0.15, 0.2) is 0 Å². The van der Waals surface area contributed by atoms with Gasteiger partial charge in [0.1, 0.15) is 0 Å². The highest BCUT2D eigenvalue weighted by molar-refractivity contribution is 9.10. The van der Waals surface area contributed by atoms with Gasteiger partial charge in [-0.1, -0.05) is 45.8 Å². The van der Waals surface area contributed by atoms with Gasteiger partial charge < -0.3 is 4.90 Å². The molecule has 0 aromatic heterocycles. The van der Waals surface area contributed by atoms with Crippen LogP contribution in [0.5, 0.6) is 0 Å². The Morgan fingerprint density at radius 1 is 1.07 bits per heavy atom. The summed E-state index contributed by atoms with van der Waals surface area (Å²) in [5, 5.41) is 0. The summed E-state index contributed by atoms with van der Waals surface area (Å²) in [6.45, 7) is 3.05. The molecule has 1 aliphatic rings. The first-order chi connectivity index (χ1) is 12.8. The summed E-state index contributed by atoms with van der Waals surface area (Å²) in [6.07, 6.45) is 1.61. The fourth-order valence-corrected chi connectivity index (χ4v) is 4.71. The maximum absolute atomic E-state index is 12.5. The van der Waals surface area contributed by atoms with Crippen molar-refractivity contribution in [3.8, 4) is 0 Å². The number of hydrogen-bond donors (Lipinski definition) is 1. The Morgan fingerprint density at radius 3 is 2.26 bits per heavy atom. The van der Waals surface area contributed by atoms with Crippen molar-refractivity contribution in [1.82, 2.24) is 9.62 Å². The van der Waals surface area contributed by atoms with Crippen molar-refractivity contribution in [2.45, 2.75) is 37.1 Å². The van der Waals surface area contributed by atoms with Crippen LogP contribution < -0.4 is 4.72 Å². The molecule has 0 bridgehead atoms. The Balaban J connectivity index is 1.53. The fraction of sp³-hybridized carbons (Fsp3) is 0.350. The summed E-state index contributed by atoms with van der Waals surface area (Å²) in [5.41, 5.74) is 2.00. The standard InChI is InChI=1S/C20H23BrN2O3S/c1-15-2-8-19(9-3-15)27(25,26)22-18-10-12-23(13-11-18)20(24)14-16-4-6-17(21)7-5-16/h2-9,18,22H,10-14H2,1H3. The largest absolute Gasteiger partial charge is 0.342 e. The van der Waals surface area contributed by atoms with Crippen LogP contribution >= 0.6 is 15.9 Å². The lowest BCUT2D eigenvalue weighted by Crippen LogP contribution is -2.46. The predicted molar refractivity (Wildman–Crippen MR) is 109 cm³/mol. The molecule has 0 radical (unpaired) electrons. The van der Waals surface area contributed by atoms with Gasteiger partial charge in [-0.15, -0.1) is 0 Å². The third kappa shape index (κ3) is 5.40. The second-order valence-corrected chi connectivity index (χ2v) is 9.52. The van der Waals surface area contributed by atoms with E-state index in [0.717, 1.165) is 15.6 Å². The predicted octanol–water partition coefficient (Wildman–Crippen LogP) is 3.27. The van der Waals surface area contributed by atoms with Crippen molar-refractivity contribution >= 4 is 31.9 Å². The number of rotatable bonds is 5. The number of carbonyl (C=O) groups excluding carboxylic acids is 1. The highest BCUT2D eigenvalue weighted by atomic mass is 79.9. The van der Waals surface area contributed by atoms with E-state index in [2.05, 4.69) is 20.7 Å². The van der Waals surface area contributed by atoms with Gasteiger partial charge in [-0.25, -0.2) is 13.1 Å². The molecule has 1 aliphatic heterocycles. The lowest BCUT2D eigenvalue weighted by molar-refractivity contribution is -0.131. The van der Waals surface area contributed by atoms with Gasteiger partial charge in [0.05, 0.1) is 11.3 Å². The maximum Gasteiger partial charge on any atom is 0.240 e. The molecule has 0 spiro atoms. The molecule has 2 aromatic carbocycles. The van der Waals surface area contributed by atoms with E-state index < -0.39 is 10.0 Å². The maximum atomic E-state index is 12.5. The number of piperidine rings is 1. The third-order valence-electron chi connectivity index (χ3n) is 4.77. The number of amides is 1. The first kappa shape index (κ1) is 20.0. The van der Waals surface area contributed by atoms with Crippen LogP contribution in [-0.4, -0.2) is 38.4 Å². The van der Waals surface area contributed by atoms with Gasteiger partial charge in [-0.2, -0.15) is 0 Å². The van der Waals surface area contributed by atoms with Gasteiger partial charge in [0.2, 0.25) is 15.9 Å². The third-order valence-corrected chi connectivity index (χ3v) is 6.83. The summed E-state index contributed by atoms with van der Waals surface area (Å²) < 4.78 is 28.8. The Labute approximate surface area is 169 Å². The average Bonchev–Trinajstić information content (AvgIpc) is 2.64. The molecule has 5 nitrogen and oxygen atoms in total. The fourth-order valence-electron chi connectivity index (χ4n) is 3.14. The van der Waals surface area contributed by atoms with Crippen molar-refractivity contribution in [1.29, 1.82) is 0 Å². The Bertz CT molecular complexity index is 888. The number of benzene rings is 2. The summed E-state index contributed by atoms with van der Waals surface area (Å²) in [5.74, 6) is 0.0807. The quantitative estimate of drug-likeness (QED) is 0.759. The van der Waals surface area contributed by atoms with E-state index in [4.69, 9.17) is 0 Å². The molecule has 27 heavy (non-hydrogen) atoms. The van der Waals surface area contributed by atoms with Crippen LogP contribution in [0.3, 0.4) is 0 Å². The van der Waals surface area contributed by atoms with Crippen LogP contribution in [0.1, 0.15) is 24.0 Å². The van der Waals surface area contributed by atoms with Gasteiger partial charge in [0, 0.05) is 23.6 Å². The van der Waals surface area contributed by atoms with Crippen molar-refractivity contribution in [2.75, 3.05) is 13.1 Å². The average molecular weight is 451 g/mol. The highest BCUT2D eigenvalue weighted by Crippen LogP contribution is 2.17. The normalized spacial score (nSPS) is 15.7. The van der Waals surface area contributed by atoms with Crippen molar-refractivity contribution in [2.24, 2.45) is 0 Å². The van der Waals surface area contributed by atoms with Crippen LogP contribution in [0, 0.1) is 6.92 Å². The SMILES string of the molecule is Cc1ccc(S(=O)(=O)NC2CCN(C(=O)Cc3ccc(Br)cc3)CC2)cc1. The zero-order valence-electron chi connectivity index (χ0n) is 15.2. The summed E-state index contributed by atoms with van der Waals surface area (Å²) in [7, 11) is -3.52. The number of aryl methyl sites for hydroxylation is 1. The lowest BCUT2D eigenvalue weighted by Gasteiger charge is -2.32. The number of halogens is 1. The Hall–Kier alpha value is -1.70. The molecule has 0 aliphatic carbocycles. The number of hydrogen-bond acceptors (Lipinski definition) is 3. The molecule has 1 fully saturated rings. The van der Waals surface area contributed by atoms with Crippen LogP contribution in [0.15, 0.2) is 57.9 Å². The van der Waals surface area contributed by atoms with Crippen LogP contribution in [-0.2, 0) is 21.2 Å². The van der Waals surface area contributed by atoms with Crippen LogP contribution in [0.4, 0.5) is 0 Å². The van der Waals surface area contributed by atoms with Gasteiger partial charge in [-0.3, -0.25) is 4.79 Å². The van der Waals surface area contributed by atoms with Gasteiger partial charge >= 0.3 is 0 Å². The van der Waals surface area contributed by atoms with E-state index in [1.54, 1.807) is 24.3 Å². The molecule has 1 amide bonds. The zero-order valence-corrected chi connectivity index (χ0v) is 17.6. The van der Waals surface area contributed by atoms with E-state index in [1.165, 1.54) is 0 Å². The summed E-state index contributed by atoms with van der Waals surface area (Å²) >= 11 is 3.39. The van der Waals surface area contributed by atoms with Crippen molar-refractivity contribution in [3.05, 3.63) is 64.1 Å². The molecule has 144 valence electrons. The van der Waals surface area contributed by atoms with E-state index >= 15 is 0 Å². The molecule has 3 rings (SSSR count). The Morgan fingerprint density at radius 2 is 1.67 bits per heavy atom. The first-order valence-electron chi connectivity index (χ1n) is 8.95. The van der Waals surface area contributed by atoms with Gasteiger partial charge in [-0.05, 0) is 49.6 Å². The highest BCUT2D eigenvalue weighted by Gasteiger charge is 2.26. The van der Waals surface area contributed by atoms with E-state index in [1.807, 2.05) is 36.1 Å².